The minimum Gasteiger partial charge on any atom is -0.495 e. The number of methoxy groups -OCH3 is 1. The number of carbonyl (C=O) groups excluding carboxylic acids is 1. The molecule has 1 amide bonds. The first-order valence-corrected chi connectivity index (χ1v) is 9.39. The molecule has 1 atom stereocenters. The van der Waals surface area contributed by atoms with Crippen molar-refractivity contribution >= 4 is 34.4 Å². The maximum atomic E-state index is 12.7. The van der Waals surface area contributed by atoms with Gasteiger partial charge in [0.05, 0.1) is 18.5 Å². The first kappa shape index (κ1) is 18.1. The number of hydrogen-bond donors (Lipinski definition) is 3. The number of nitrogens with zero attached hydrogens (tertiary/aromatic N) is 3. The fourth-order valence-electron chi connectivity index (χ4n) is 3.50. The van der Waals surface area contributed by atoms with Crippen LogP contribution in [0.5, 0.6) is 5.75 Å². The molecule has 0 unspecified atom stereocenters. The SMILES string of the molecule is CNc1cc2nc3c1ncn3C(=O)N[C@H](C)CCCc1ccc(OC)c(c1)N2. The summed E-state index contributed by atoms with van der Waals surface area (Å²) in [6.07, 6.45) is 4.29. The maximum absolute atomic E-state index is 12.7. The van der Waals surface area contributed by atoms with Gasteiger partial charge in [-0.3, -0.25) is 0 Å². The van der Waals surface area contributed by atoms with Crippen molar-refractivity contribution < 1.29 is 9.53 Å². The van der Waals surface area contributed by atoms with E-state index in [0.29, 0.717) is 17.0 Å². The van der Waals surface area contributed by atoms with E-state index in [9.17, 15) is 4.79 Å². The van der Waals surface area contributed by atoms with Crippen LogP contribution < -0.4 is 20.7 Å². The summed E-state index contributed by atoms with van der Waals surface area (Å²) in [6.45, 7) is 2.02. The molecule has 0 aliphatic carbocycles. The minimum atomic E-state index is -0.227. The first-order chi connectivity index (χ1) is 13.6. The summed E-state index contributed by atoms with van der Waals surface area (Å²) in [5.41, 5.74) is 3.97. The molecule has 0 radical (unpaired) electrons. The molecular formula is C20H24N6O2. The summed E-state index contributed by atoms with van der Waals surface area (Å²) >= 11 is 0. The number of aromatic nitrogens is 3. The number of hydrogen-bond acceptors (Lipinski definition) is 6. The molecule has 0 fully saturated rings. The van der Waals surface area contributed by atoms with Gasteiger partial charge in [0.2, 0.25) is 0 Å². The maximum Gasteiger partial charge on any atom is 0.328 e. The van der Waals surface area contributed by atoms with Crippen LogP contribution >= 0.6 is 0 Å². The van der Waals surface area contributed by atoms with Gasteiger partial charge >= 0.3 is 6.03 Å². The van der Waals surface area contributed by atoms with Crippen LogP contribution in [0.15, 0.2) is 30.6 Å². The Morgan fingerprint density at radius 3 is 2.96 bits per heavy atom. The number of carbonyl (C=O) groups is 1. The number of amides is 1. The molecule has 8 nitrogen and oxygen atoms in total. The van der Waals surface area contributed by atoms with E-state index < -0.39 is 0 Å². The smallest absolute Gasteiger partial charge is 0.328 e. The van der Waals surface area contributed by atoms with Gasteiger partial charge in [-0.25, -0.2) is 19.3 Å². The van der Waals surface area contributed by atoms with Gasteiger partial charge in [-0.2, -0.15) is 0 Å². The number of rotatable bonds is 2. The normalized spacial score (nSPS) is 17.0. The van der Waals surface area contributed by atoms with Crippen molar-refractivity contribution in [3.05, 3.63) is 36.2 Å². The molecule has 0 spiro atoms. The third-order valence-corrected chi connectivity index (χ3v) is 4.99. The number of imidazole rings is 1. The Hall–Kier alpha value is -3.29. The highest BCUT2D eigenvalue weighted by molar-refractivity contribution is 5.94. The predicted octanol–water partition coefficient (Wildman–Crippen LogP) is 3.51. The Morgan fingerprint density at radius 2 is 2.18 bits per heavy atom. The third kappa shape index (κ3) is 3.33. The quantitative estimate of drug-likeness (QED) is 0.630. The van der Waals surface area contributed by atoms with Crippen molar-refractivity contribution in [1.82, 2.24) is 19.9 Å². The molecule has 1 aromatic carbocycles. The van der Waals surface area contributed by atoms with Gasteiger partial charge in [0.25, 0.3) is 0 Å². The molecule has 146 valence electrons. The molecule has 0 saturated heterocycles. The Morgan fingerprint density at radius 1 is 1.32 bits per heavy atom. The fourth-order valence-corrected chi connectivity index (χ4v) is 3.50. The third-order valence-electron chi connectivity index (χ3n) is 4.99. The van der Waals surface area contributed by atoms with Gasteiger partial charge in [0, 0.05) is 19.2 Å². The van der Waals surface area contributed by atoms with Gasteiger partial charge in [0.1, 0.15) is 23.4 Å². The number of ether oxygens (including phenoxy) is 1. The Labute approximate surface area is 163 Å². The zero-order valence-electron chi connectivity index (χ0n) is 16.2. The van der Waals surface area contributed by atoms with E-state index in [2.05, 4.69) is 38.1 Å². The molecule has 28 heavy (non-hydrogen) atoms. The standard InChI is InChI=1S/C20H24N6O2/c1-12-5-4-6-13-7-8-16(28-3)14(9-13)24-17-10-15(21-2)18-19(25-17)26(11-22-18)20(27)23-12/h7-12H,4-6H2,1-3H3,(H,23,27)(H2,21,24,25)/t12-/m1/s1. The molecule has 1 aliphatic heterocycles. The first-order valence-electron chi connectivity index (χ1n) is 9.39. The molecule has 3 heterocycles. The van der Waals surface area contributed by atoms with Gasteiger partial charge < -0.3 is 20.7 Å². The Balaban J connectivity index is 1.88. The zero-order valence-corrected chi connectivity index (χ0v) is 16.2. The average molecular weight is 380 g/mol. The van der Waals surface area contributed by atoms with Crippen LogP contribution in [-0.2, 0) is 6.42 Å². The summed E-state index contributed by atoms with van der Waals surface area (Å²) in [7, 11) is 3.47. The largest absolute Gasteiger partial charge is 0.495 e. The van der Waals surface area contributed by atoms with Crippen LogP contribution in [0.3, 0.4) is 0 Å². The van der Waals surface area contributed by atoms with E-state index in [1.54, 1.807) is 7.11 Å². The zero-order chi connectivity index (χ0) is 19.7. The second-order valence-electron chi connectivity index (χ2n) is 6.99. The molecule has 2 aromatic heterocycles. The highest BCUT2D eigenvalue weighted by Crippen LogP contribution is 2.31. The summed E-state index contributed by atoms with van der Waals surface area (Å²) < 4.78 is 6.96. The summed E-state index contributed by atoms with van der Waals surface area (Å²) in [6, 6.07) is 7.83. The van der Waals surface area contributed by atoms with Gasteiger partial charge in [0.15, 0.2) is 5.65 Å². The van der Waals surface area contributed by atoms with Crippen molar-refractivity contribution in [3.8, 4) is 5.75 Å². The Kier molecular flexibility index (Phi) is 4.77. The summed E-state index contributed by atoms with van der Waals surface area (Å²) in [5.74, 6) is 1.34. The molecule has 0 saturated carbocycles. The van der Waals surface area contributed by atoms with Crippen LogP contribution in [0, 0.1) is 0 Å². The van der Waals surface area contributed by atoms with Crippen LogP contribution in [-0.4, -0.2) is 40.8 Å². The monoisotopic (exact) mass is 380 g/mol. The predicted molar refractivity (Wildman–Crippen MR) is 110 cm³/mol. The molecule has 4 bridgehead atoms. The molecule has 4 rings (SSSR count). The number of fused-ring (bicyclic) bond motifs is 3. The number of aryl methyl sites for hydroxylation is 1. The van der Waals surface area contributed by atoms with Crippen molar-refractivity contribution in [3.63, 3.8) is 0 Å². The van der Waals surface area contributed by atoms with E-state index in [0.717, 1.165) is 36.4 Å². The number of nitrogens with one attached hydrogen (secondary N) is 3. The lowest BCUT2D eigenvalue weighted by molar-refractivity contribution is 0.239. The molecule has 3 N–H and O–H groups in total. The number of anilines is 3. The van der Waals surface area contributed by atoms with Gasteiger partial charge in [-0.1, -0.05) is 6.07 Å². The lowest BCUT2D eigenvalue weighted by Gasteiger charge is -2.17. The van der Waals surface area contributed by atoms with Crippen molar-refractivity contribution in [1.29, 1.82) is 0 Å². The summed E-state index contributed by atoms with van der Waals surface area (Å²) in [4.78, 5) is 21.8. The fraction of sp³-hybridized carbons (Fsp3) is 0.350. The van der Waals surface area contributed by atoms with E-state index >= 15 is 0 Å². The van der Waals surface area contributed by atoms with Crippen LogP contribution in [0.4, 0.5) is 22.0 Å². The van der Waals surface area contributed by atoms with Gasteiger partial charge in [-0.15, -0.1) is 0 Å². The molecule has 1 aliphatic rings. The lowest BCUT2D eigenvalue weighted by atomic mass is 10.0. The van der Waals surface area contributed by atoms with E-state index in [4.69, 9.17) is 4.74 Å². The van der Waals surface area contributed by atoms with Crippen LogP contribution in [0.2, 0.25) is 0 Å². The van der Waals surface area contributed by atoms with E-state index in [1.165, 1.54) is 16.5 Å². The molecular weight excluding hydrogens is 356 g/mol. The average Bonchev–Trinajstić information content (AvgIpc) is 3.11. The van der Waals surface area contributed by atoms with Crippen LogP contribution in [0.1, 0.15) is 25.3 Å². The topological polar surface area (TPSA) is 93.1 Å². The second kappa shape index (κ2) is 7.38. The van der Waals surface area contributed by atoms with Crippen molar-refractivity contribution in [2.45, 2.75) is 32.2 Å². The highest BCUT2D eigenvalue weighted by Gasteiger charge is 2.18. The van der Waals surface area contributed by atoms with Crippen LogP contribution in [0.25, 0.3) is 11.2 Å². The van der Waals surface area contributed by atoms with Crippen molar-refractivity contribution in [2.75, 3.05) is 24.8 Å². The van der Waals surface area contributed by atoms with E-state index in [-0.39, 0.29) is 12.1 Å². The number of pyridine rings is 1. The highest BCUT2D eigenvalue weighted by atomic mass is 16.5. The summed E-state index contributed by atoms with van der Waals surface area (Å²) in [5, 5.41) is 9.51. The lowest BCUT2D eigenvalue weighted by Crippen LogP contribution is -2.35. The molecule has 8 heteroatoms. The van der Waals surface area contributed by atoms with E-state index in [1.807, 2.05) is 26.1 Å². The second-order valence-corrected chi connectivity index (χ2v) is 6.99. The minimum absolute atomic E-state index is 0.0516. The molecule has 3 aromatic rings. The Bertz CT molecular complexity index is 1030. The van der Waals surface area contributed by atoms with Crippen molar-refractivity contribution in [2.24, 2.45) is 0 Å². The number of benzene rings is 1. The van der Waals surface area contributed by atoms with Gasteiger partial charge in [-0.05, 0) is 43.9 Å².